The normalized spacial score (nSPS) is 12.4. The lowest BCUT2D eigenvalue weighted by Crippen LogP contribution is -2.37. The van der Waals surface area contributed by atoms with Crippen LogP contribution in [0, 0.1) is 0 Å². The molecular weight excluding hydrogens is 206 g/mol. The van der Waals surface area contributed by atoms with Crippen LogP contribution in [0.3, 0.4) is 0 Å². The summed E-state index contributed by atoms with van der Waals surface area (Å²) in [6.45, 7) is 4.81. The van der Waals surface area contributed by atoms with Crippen molar-refractivity contribution in [2.45, 2.75) is 32.9 Å². The highest BCUT2D eigenvalue weighted by molar-refractivity contribution is 5.75. The van der Waals surface area contributed by atoms with E-state index in [1.165, 1.54) is 0 Å². The molecule has 0 amide bonds. The average molecular weight is 225 g/mol. The van der Waals surface area contributed by atoms with Gasteiger partial charge in [0.2, 0.25) is 0 Å². The van der Waals surface area contributed by atoms with Gasteiger partial charge in [0.15, 0.2) is 0 Å². The SMILES string of the molecule is CCOC(=O)C(CC)NCc1ccnn1C. The van der Waals surface area contributed by atoms with E-state index in [1.807, 2.05) is 27.0 Å². The predicted molar refractivity (Wildman–Crippen MR) is 60.8 cm³/mol. The monoisotopic (exact) mass is 225 g/mol. The third-order valence-corrected chi connectivity index (χ3v) is 2.43. The largest absolute Gasteiger partial charge is 0.465 e. The van der Waals surface area contributed by atoms with Crippen molar-refractivity contribution in [3.05, 3.63) is 18.0 Å². The molecule has 1 heterocycles. The maximum atomic E-state index is 11.5. The number of aryl methyl sites for hydroxylation is 1. The lowest BCUT2D eigenvalue weighted by atomic mass is 10.2. The standard InChI is InChI=1S/C11H19N3O2/c1-4-10(11(15)16-5-2)12-8-9-6-7-13-14(9)3/h6-7,10,12H,4-5,8H2,1-3H3. The molecule has 1 N–H and O–H groups in total. The zero-order valence-corrected chi connectivity index (χ0v) is 10.1. The van der Waals surface area contributed by atoms with Crippen LogP contribution < -0.4 is 5.32 Å². The van der Waals surface area contributed by atoms with Crippen molar-refractivity contribution in [2.75, 3.05) is 6.61 Å². The summed E-state index contributed by atoms with van der Waals surface area (Å²) >= 11 is 0. The Labute approximate surface area is 95.8 Å². The highest BCUT2D eigenvalue weighted by atomic mass is 16.5. The first-order valence-corrected chi connectivity index (χ1v) is 5.55. The first kappa shape index (κ1) is 12.7. The predicted octanol–water partition coefficient (Wildman–Crippen LogP) is 0.851. The highest BCUT2D eigenvalue weighted by Crippen LogP contribution is 2.00. The molecule has 0 saturated carbocycles. The molecule has 90 valence electrons. The number of esters is 1. The smallest absolute Gasteiger partial charge is 0.323 e. The van der Waals surface area contributed by atoms with Crippen LogP contribution in [0.4, 0.5) is 0 Å². The summed E-state index contributed by atoms with van der Waals surface area (Å²) in [5.41, 5.74) is 1.04. The summed E-state index contributed by atoms with van der Waals surface area (Å²) in [7, 11) is 1.88. The summed E-state index contributed by atoms with van der Waals surface area (Å²) < 4.78 is 6.75. The highest BCUT2D eigenvalue weighted by Gasteiger charge is 2.16. The van der Waals surface area contributed by atoms with Gasteiger partial charge in [-0.15, -0.1) is 0 Å². The van der Waals surface area contributed by atoms with Crippen molar-refractivity contribution in [2.24, 2.45) is 7.05 Å². The van der Waals surface area contributed by atoms with Crippen LogP contribution in [-0.4, -0.2) is 28.4 Å². The van der Waals surface area contributed by atoms with Crippen molar-refractivity contribution in [1.29, 1.82) is 0 Å². The molecule has 0 aliphatic carbocycles. The van der Waals surface area contributed by atoms with Gasteiger partial charge in [0.05, 0.1) is 12.3 Å². The second-order valence-corrected chi connectivity index (χ2v) is 3.54. The lowest BCUT2D eigenvalue weighted by molar-refractivity contribution is -0.145. The topological polar surface area (TPSA) is 56.1 Å². The van der Waals surface area contributed by atoms with Crippen LogP contribution in [-0.2, 0) is 23.1 Å². The molecule has 16 heavy (non-hydrogen) atoms. The Hall–Kier alpha value is -1.36. The maximum absolute atomic E-state index is 11.5. The van der Waals surface area contributed by atoms with Crippen LogP contribution in [0.1, 0.15) is 26.0 Å². The zero-order valence-electron chi connectivity index (χ0n) is 10.1. The number of hydrogen-bond donors (Lipinski definition) is 1. The number of carbonyl (C=O) groups is 1. The van der Waals surface area contributed by atoms with Crippen molar-refractivity contribution in [3.63, 3.8) is 0 Å². The number of nitrogens with one attached hydrogen (secondary N) is 1. The van der Waals surface area contributed by atoms with Gasteiger partial charge in [0.1, 0.15) is 6.04 Å². The molecule has 0 aromatic carbocycles. The van der Waals surface area contributed by atoms with E-state index in [9.17, 15) is 4.79 Å². The zero-order chi connectivity index (χ0) is 12.0. The van der Waals surface area contributed by atoms with Crippen molar-refractivity contribution >= 4 is 5.97 Å². The quantitative estimate of drug-likeness (QED) is 0.729. The molecule has 1 unspecified atom stereocenters. The minimum Gasteiger partial charge on any atom is -0.465 e. The Bertz CT molecular complexity index is 336. The van der Waals surface area contributed by atoms with Crippen LogP contribution >= 0.6 is 0 Å². The first-order valence-electron chi connectivity index (χ1n) is 5.55. The van der Waals surface area contributed by atoms with E-state index in [-0.39, 0.29) is 12.0 Å². The average Bonchev–Trinajstić information content (AvgIpc) is 2.66. The van der Waals surface area contributed by atoms with Gasteiger partial charge in [-0.05, 0) is 19.4 Å². The lowest BCUT2D eigenvalue weighted by Gasteiger charge is -2.15. The molecule has 5 nitrogen and oxygen atoms in total. The third-order valence-electron chi connectivity index (χ3n) is 2.43. The van der Waals surface area contributed by atoms with Gasteiger partial charge in [-0.3, -0.25) is 14.8 Å². The number of hydrogen-bond acceptors (Lipinski definition) is 4. The van der Waals surface area contributed by atoms with E-state index in [4.69, 9.17) is 4.74 Å². The number of carbonyl (C=O) groups excluding carboxylic acids is 1. The second kappa shape index (κ2) is 6.27. The van der Waals surface area contributed by atoms with Gasteiger partial charge in [0.25, 0.3) is 0 Å². The molecule has 0 saturated heterocycles. The Morgan fingerprint density at radius 2 is 2.38 bits per heavy atom. The maximum Gasteiger partial charge on any atom is 0.323 e. The first-order chi connectivity index (χ1) is 7.69. The Morgan fingerprint density at radius 3 is 2.88 bits per heavy atom. The molecule has 0 radical (unpaired) electrons. The van der Waals surface area contributed by atoms with Gasteiger partial charge < -0.3 is 4.74 Å². The van der Waals surface area contributed by atoms with E-state index in [2.05, 4.69) is 10.4 Å². The molecule has 0 fully saturated rings. The molecule has 1 rings (SSSR count). The van der Waals surface area contributed by atoms with Gasteiger partial charge in [-0.1, -0.05) is 6.92 Å². The third kappa shape index (κ3) is 3.34. The van der Waals surface area contributed by atoms with Crippen LogP contribution in [0.15, 0.2) is 12.3 Å². The molecule has 0 bridgehead atoms. The fraction of sp³-hybridized carbons (Fsp3) is 0.636. The number of nitrogens with zero attached hydrogens (tertiary/aromatic N) is 2. The van der Waals surface area contributed by atoms with Gasteiger partial charge in [0, 0.05) is 19.8 Å². The summed E-state index contributed by atoms with van der Waals surface area (Å²) in [5, 5.41) is 7.22. The summed E-state index contributed by atoms with van der Waals surface area (Å²) in [6.07, 6.45) is 2.46. The summed E-state index contributed by atoms with van der Waals surface area (Å²) in [5.74, 6) is -0.188. The van der Waals surface area contributed by atoms with E-state index in [1.54, 1.807) is 10.9 Å². The van der Waals surface area contributed by atoms with E-state index < -0.39 is 0 Å². The molecule has 1 aromatic heterocycles. The molecular formula is C11H19N3O2. The molecule has 0 spiro atoms. The molecule has 0 aliphatic rings. The van der Waals surface area contributed by atoms with Crippen molar-refractivity contribution in [3.8, 4) is 0 Å². The van der Waals surface area contributed by atoms with Gasteiger partial charge in [-0.2, -0.15) is 5.10 Å². The molecule has 1 atom stereocenters. The van der Waals surface area contributed by atoms with Gasteiger partial charge >= 0.3 is 5.97 Å². The summed E-state index contributed by atoms with van der Waals surface area (Å²) in [6, 6.07) is 1.68. The fourth-order valence-corrected chi connectivity index (χ4v) is 1.44. The van der Waals surface area contributed by atoms with Gasteiger partial charge in [-0.25, -0.2) is 0 Å². The second-order valence-electron chi connectivity index (χ2n) is 3.54. The number of ether oxygens (including phenoxy) is 1. The number of aromatic nitrogens is 2. The van der Waals surface area contributed by atoms with Crippen LogP contribution in [0.2, 0.25) is 0 Å². The minimum absolute atomic E-state index is 0.188. The van der Waals surface area contributed by atoms with E-state index >= 15 is 0 Å². The number of rotatable bonds is 6. The van der Waals surface area contributed by atoms with E-state index in [0.29, 0.717) is 13.2 Å². The van der Waals surface area contributed by atoms with Crippen LogP contribution in [0.5, 0.6) is 0 Å². The Kier molecular flexibility index (Phi) is 4.98. The Morgan fingerprint density at radius 1 is 1.62 bits per heavy atom. The van der Waals surface area contributed by atoms with Crippen LogP contribution in [0.25, 0.3) is 0 Å². The Balaban J connectivity index is 2.46. The fourth-order valence-electron chi connectivity index (χ4n) is 1.44. The summed E-state index contributed by atoms with van der Waals surface area (Å²) in [4.78, 5) is 11.5. The molecule has 0 aliphatic heterocycles. The molecule has 5 heteroatoms. The molecule has 1 aromatic rings. The van der Waals surface area contributed by atoms with E-state index in [0.717, 1.165) is 12.1 Å². The minimum atomic E-state index is -0.241. The van der Waals surface area contributed by atoms with Crippen molar-refractivity contribution < 1.29 is 9.53 Å². The van der Waals surface area contributed by atoms with Crippen molar-refractivity contribution in [1.82, 2.24) is 15.1 Å².